The van der Waals surface area contributed by atoms with Crippen LogP contribution >= 0.6 is 22.7 Å². The molecule has 0 aromatic carbocycles. The molecule has 2 heterocycles. The summed E-state index contributed by atoms with van der Waals surface area (Å²) in [5.41, 5.74) is 0. The van der Waals surface area contributed by atoms with Gasteiger partial charge in [-0.15, -0.1) is 0 Å². The summed E-state index contributed by atoms with van der Waals surface area (Å²) in [6, 6.07) is 3.09. The van der Waals surface area contributed by atoms with Crippen molar-refractivity contribution in [1.82, 2.24) is 0 Å². The first kappa shape index (κ1) is 13.5. The quantitative estimate of drug-likeness (QED) is 0.669. The van der Waals surface area contributed by atoms with Gasteiger partial charge < -0.3 is 0 Å². The molecule has 92 valence electrons. The zero-order chi connectivity index (χ0) is 12.8. The van der Waals surface area contributed by atoms with Crippen molar-refractivity contribution in [3.8, 4) is 9.75 Å². The average Bonchev–Trinajstić information content (AvgIpc) is 2.68. The molecule has 17 heavy (non-hydrogen) atoms. The van der Waals surface area contributed by atoms with E-state index in [1.807, 2.05) is 6.92 Å². The van der Waals surface area contributed by atoms with Crippen molar-refractivity contribution < 1.29 is 8.78 Å². The molecule has 0 saturated carbocycles. The fraction of sp³-hybridized carbons (Fsp3) is 0.333. The summed E-state index contributed by atoms with van der Waals surface area (Å²) in [6.07, 6.45) is 0. The van der Waals surface area contributed by atoms with E-state index >= 15 is 0 Å². The second-order valence-corrected chi connectivity index (χ2v) is 22.8. The van der Waals surface area contributed by atoms with E-state index in [9.17, 15) is 8.78 Å². The zero-order valence-corrected chi connectivity index (χ0v) is 14.7. The van der Waals surface area contributed by atoms with Crippen molar-refractivity contribution in [1.29, 1.82) is 0 Å². The van der Waals surface area contributed by atoms with Crippen molar-refractivity contribution >= 4 is 43.9 Å². The van der Waals surface area contributed by atoms with Crippen molar-refractivity contribution in [2.45, 2.75) is 21.7 Å². The molecule has 0 fully saturated rings. The fourth-order valence-corrected chi connectivity index (χ4v) is 8.74. The molecule has 0 aliphatic carbocycles. The van der Waals surface area contributed by atoms with Crippen LogP contribution in [0.25, 0.3) is 9.75 Å². The molecule has 0 unspecified atom stereocenters. The summed E-state index contributed by atoms with van der Waals surface area (Å²) in [6.45, 7) is 1.84. The van der Waals surface area contributed by atoms with Crippen LogP contribution in [0.1, 0.15) is 4.88 Å². The van der Waals surface area contributed by atoms with E-state index in [0.29, 0.717) is 9.75 Å². The third kappa shape index (κ3) is 2.74. The number of hydrogen-bond acceptors (Lipinski definition) is 2. The van der Waals surface area contributed by atoms with Gasteiger partial charge in [-0.25, -0.2) is 0 Å². The monoisotopic (exact) mass is 380 g/mol. The second-order valence-electron chi connectivity index (χ2n) is 5.07. The Morgan fingerprint density at radius 3 is 1.88 bits per heavy atom. The average molecular weight is 379 g/mol. The summed E-state index contributed by atoms with van der Waals surface area (Å²) < 4.78 is 28.7. The Morgan fingerprint density at radius 2 is 1.47 bits per heavy atom. The molecule has 2 aromatic rings. The molecular weight excluding hydrogens is 365 g/mol. The van der Waals surface area contributed by atoms with Gasteiger partial charge in [-0.2, -0.15) is 0 Å². The van der Waals surface area contributed by atoms with Crippen molar-refractivity contribution in [3.05, 3.63) is 28.6 Å². The molecule has 0 radical (unpaired) electrons. The summed E-state index contributed by atoms with van der Waals surface area (Å²) >= 11 is 0.505. The predicted octanol–water partition coefficient (Wildman–Crippen LogP) is 4.61. The van der Waals surface area contributed by atoms with Crippen LogP contribution in [-0.2, 0) is 0 Å². The Balaban J connectivity index is 2.54. The molecule has 0 aliphatic rings. The van der Waals surface area contributed by atoms with Crippen molar-refractivity contribution in [2.75, 3.05) is 0 Å². The van der Waals surface area contributed by atoms with Gasteiger partial charge in [-0.3, -0.25) is 0 Å². The van der Waals surface area contributed by atoms with Gasteiger partial charge in [0.15, 0.2) is 0 Å². The van der Waals surface area contributed by atoms with Gasteiger partial charge >= 0.3 is 113 Å². The van der Waals surface area contributed by atoms with E-state index in [2.05, 4.69) is 14.8 Å². The van der Waals surface area contributed by atoms with Gasteiger partial charge in [0.05, 0.1) is 0 Å². The Kier molecular flexibility index (Phi) is 3.67. The molecule has 0 bridgehead atoms. The van der Waals surface area contributed by atoms with E-state index in [-0.39, 0.29) is 11.6 Å². The van der Waals surface area contributed by atoms with Crippen LogP contribution in [0.2, 0.25) is 14.8 Å². The Hall–Kier alpha value is 0.0587. The van der Waals surface area contributed by atoms with Crippen LogP contribution in [0.5, 0.6) is 0 Å². The summed E-state index contributed by atoms with van der Waals surface area (Å²) in [4.78, 5) is 8.51. The molecule has 5 heteroatoms. The third-order valence-corrected chi connectivity index (χ3v) is 14.2. The van der Waals surface area contributed by atoms with Gasteiger partial charge in [-0.1, -0.05) is 0 Å². The van der Waals surface area contributed by atoms with E-state index in [1.165, 1.54) is 28.7 Å². The fourth-order valence-electron chi connectivity index (χ4n) is 1.53. The van der Waals surface area contributed by atoms with Crippen LogP contribution in [0.15, 0.2) is 12.1 Å². The normalized spacial score (nSPS) is 12.1. The van der Waals surface area contributed by atoms with Crippen LogP contribution in [0.3, 0.4) is 0 Å². The molecule has 0 amide bonds. The van der Waals surface area contributed by atoms with Gasteiger partial charge in [0.25, 0.3) is 0 Å². The molecular formula is C12H14F2S2Sn. The van der Waals surface area contributed by atoms with Crippen molar-refractivity contribution in [3.63, 3.8) is 0 Å². The Morgan fingerprint density at radius 1 is 0.941 bits per heavy atom. The van der Waals surface area contributed by atoms with Crippen LogP contribution in [0.4, 0.5) is 8.78 Å². The van der Waals surface area contributed by atoms with Crippen LogP contribution in [0, 0.1) is 18.6 Å². The number of rotatable bonds is 2. The minimum absolute atomic E-state index is 0.266. The van der Waals surface area contributed by atoms with Gasteiger partial charge in [-0.05, 0) is 0 Å². The zero-order valence-electron chi connectivity index (χ0n) is 10.2. The number of aryl methyl sites for hydroxylation is 1. The molecule has 0 atom stereocenters. The van der Waals surface area contributed by atoms with E-state index < -0.39 is 18.4 Å². The summed E-state index contributed by atoms with van der Waals surface area (Å²) in [5, 5.41) is 0. The minimum atomic E-state index is -2.25. The maximum atomic E-state index is 13.9. The van der Waals surface area contributed by atoms with Crippen LogP contribution in [-0.4, -0.2) is 18.4 Å². The van der Waals surface area contributed by atoms with E-state index in [4.69, 9.17) is 0 Å². The Bertz CT molecular complexity index is 549. The first-order valence-electron chi connectivity index (χ1n) is 5.35. The summed E-state index contributed by atoms with van der Waals surface area (Å²) in [5.74, 6) is -0.568. The molecule has 2 aromatic heterocycles. The second kappa shape index (κ2) is 4.63. The topological polar surface area (TPSA) is 0 Å². The van der Waals surface area contributed by atoms with Crippen molar-refractivity contribution in [2.24, 2.45) is 0 Å². The maximum absolute atomic E-state index is 13.9. The molecule has 2 rings (SSSR count). The number of hydrogen-bond donors (Lipinski definition) is 0. The molecule has 0 spiro atoms. The first-order valence-corrected chi connectivity index (χ1v) is 17.0. The number of thiophene rings is 2. The molecule has 0 aliphatic heterocycles. The van der Waals surface area contributed by atoms with Crippen LogP contribution < -0.4 is 2.89 Å². The first-order chi connectivity index (χ1) is 7.79. The summed E-state index contributed by atoms with van der Waals surface area (Å²) in [7, 11) is 0. The van der Waals surface area contributed by atoms with Gasteiger partial charge in [0, 0.05) is 0 Å². The molecule has 0 nitrogen and oxygen atoms in total. The predicted molar refractivity (Wildman–Crippen MR) is 75.3 cm³/mol. The van der Waals surface area contributed by atoms with Gasteiger partial charge in [0.2, 0.25) is 0 Å². The van der Waals surface area contributed by atoms with Gasteiger partial charge in [0.1, 0.15) is 0 Å². The van der Waals surface area contributed by atoms with E-state index in [0.717, 1.165) is 7.77 Å². The Labute approximate surface area is 112 Å². The molecule has 0 saturated heterocycles. The SMILES string of the molecule is Cc1cc(F)c(-c2s[c]([Sn]([CH3])([CH3])[CH3])cc2F)s1. The third-order valence-electron chi connectivity index (χ3n) is 2.44. The molecule has 0 N–H and O–H groups in total. The van der Waals surface area contributed by atoms with E-state index in [1.54, 1.807) is 6.07 Å². The number of halogens is 2. The standard InChI is InChI=1S/C9H5F2S2.3CH3.Sn/c1-5-4-7(11)9(13-5)8-6(10)2-3-12-8;;;;/h2,4H,1H3;3*1H3;.